The van der Waals surface area contributed by atoms with Gasteiger partial charge in [0.05, 0.1) is 0 Å². The lowest BCUT2D eigenvalue weighted by Gasteiger charge is -2.26. The van der Waals surface area contributed by atoms with Crippen LogP contribution in [0.5, 0.6) is 0 Å². The van der Waals surface area contributed by atoms with Gasteiger partial charge in [-0.1, -0.05) is 20.8 Å². The van der Waals surface area contributed by atoms with Crippen LogP contribution in [-0.2, 0) is 0 Å². The topological polar surface area (TPSA) is 42.1 Å². The zero-order valence-corrected chi connectivity index (χ0v) is 10.5. The van der Waals surface area contributed by atoms with Gasteiger partial charge in [-0.05, 0) is 29.3 Å². The van der Waals surface area contributed by atoms with Gasteiger partial charge in [-0.15, -0.1) is 0 Å². The molecular formula is C11H19N3S. The Morgan fingerprint density at radius 1 is 1.53 bits per heavy atom. The lowest BCUT2D eigenvalue weighted by molar-refractivity contribution is 0.263. The fourth-order valence-electron chi connectivity index (χ4n) is 2.10. The lowest BCUT2D eigenvalue weighted by atomic mass is 9.80. The largest absolute Gasteiger partial charge is 0.383 e. The third kappa shape index (κ3) is 2.25. The number of nitrogens with two attached hydrogens (primary N) is 1. The van der Waals surface area contributed by atoms with E-state index in [1.165, 1.54) is 23.0 Å². The third-order valence-electron chi connectivity index (χ3n) is 3.24. The number of aromatic nitrogens is 1. The highest BCUT2D eigenvalue weighted by Gasteiger charge is 2.32. The first kappa shape index (κ1) is 10.7. The molecule has 0 radical (unpaired) electrons. The van der Waals surface area contributed by atoms with Crippen LogP contribution in [0.2, 0.25) is 0 Å². The molecule has 2 rings (SSSR count). The first-order valence-electron chi connectivity index (χ1n) is 5.44. The average molecular weight is 225 g/mol. The molecule has 0 amide bonds. The minimum atomic E-state index is 0.408. The number of hydrogen-bond acceptors (Lipinski definition) is 4. The molecule has 1 aromatic rings. The molecule has 0 spiro atoms. The summed E-state index contributed by atoms with van der Waals surface area (Å²) in [5, 5.41) is 1.22. The van der Waals surface area contributed by atoms with E-state index < -0.39 is 0 Å². The Kier molecular flexibility index (Phi) is 2.63. The SMILES string of the molecule is CC(C)(C)C1CCN(c2cc(N)ns2)C1. The molecule has 3 nitrogen and oxygen atoms in total. The van der Waals surface area contributed by atoms with Gasteiger partial charge in [0.25, 0.3) is 0 Å². The van der Waals surface area contributed by atoms with Gasteiger partial charge in [0.15, 0.2) is 0 Å². The molecule has 0 aliphatic carbocycles. The summed E-state index contributed by atoms with van der Waals surface area (Å²) < 4.78 is 4.13. The maximum absolute atomic E-state index is 5.64. The van der Waals surface area contributed by atoms with Crippen LogP contribution in [0, 0.1) is 11.3 Å². The number of anilines is 2. The summed E-state index contributed by atoms with van der Waals surface area (Å²) in [6, 6.07) is 1.98. The Bertz CT molecular complexity index is 340. The van der Waals surface area contributed by atoms with E-state index in [0.29, 0.717) is 11.2 Å². The summed E-state index contributed by atoms with van der Waals surface area (Å²) in [5.74, 6) is 1.43. The maximum Gasteiger partial charge on any atom is 0.139 e. The zero-order valence-electron chi connectivity index (χ0n) is 9.66. The number of nitrogen functional groups attached to an aromatic ring is 1. The van der Waals surface area contributed by atoms with Crippen molar-refractivity contribution in [3.05, 3.63) is 6.07 Å². The molecule has 1 unspecified atom stereocenters. The Morgan fingerprint density at radius 3 is 2.73 bits per heavy atom. The summed E-state index contributed by atoms with van der Waals surface area (Å²) in [4.78, 5) is 2.41. The highest BCUT2D eigenvalue weighted by atomic mass is 32.1. The van der Waals surface area contributed by atoms with Crippen molar-refractivity contribution in [2.75, 3.05) is 23.7 Å². The Labute approximate surface area is 95.4 Å². The molecule has 2 heterocycles. The smallest absolute Gasteiger partial charge is 0.139 e. The van der Waals surface area contributed by atoms with E-state index in [-0.39, 0.29) is 0 Å². The van der Waals surface area contributed by atoms with Gasteiger partial charge >= 0.3 is 0 Å². The van der Waals surface area contributed by atoms with Crippen LogP contribution in [-0.4, -0.2) is 17.5 Å². The predicted molar refractivity (Wildman–Crippen MR) is 66.3 cm³/mol. The highest BCUT2D eigenvalue weighted by Crippen LogP contribution is 2.36. The standard InChI is InChI=1S/C11H19N3S/c1-11(2,3)8-4-5-14(7-8)10-6-9(12)13-15-10/h6,8H,4-5,7H2,1-3H3,(H2,12,13). The fourth-order valence-corrected chi connectivity index (χ4v) is 2.80. The second kappa shape index (κ2) is 3.67. The molecule has 1 atom stereocenters. The van der Waals surface area contributed by atoms with Crippen molar-refractivity contribution in [3.63, 3.8) is 0 Å². The van der Waals surface area contributed by atoms with Crippen LogP contribution in [0.15, 0.2) is 6.07 Å². The van der Waals surface area contributed by atoms with E-state index in [2.05, 4.69) is 30.0 Å². The van der Waals surface area contributed by atoms with Gasteiger partial charge in [0.1, 0.15) is 10.8 Å². The summed E-state index contributed by atoms with van der Waals surface area (Å²) in [7, 11) is 0. The molecular weight excluding hydrogens is 206 g/mol. The van der Waals surface area contributed by atoms with E-state index in [4.69, 9.17) is 5.73 Å². The molecule has 4 heteroatoms. The van der Waals surface area contributed by atoms with E-state index in [1.54, 1.807) is 0 Å². The van der Waals surface area contributed by atoms with E-state index in [0.717, 1.165) is 19.0 Å². The first-order chi connectivity index (χ1) is 6.97. The molecule has 15 heavy (non-hydrogen) atoms. The summed E-state index contributed by atoms with van der Waals surface area (Å²) >= 11 is 1.51. The average Bonchev–Trinajstić information content (AvgIpc) is 2.69. The normalized spacial score (nSPS) is 22.3. The number of hydrogen-bond donors (Lipinski definition) is 1. The molecule has 1 aliphatic heterocycles. The molecule has 1 aliphatic rings. The Morgan fingerprint density at radius 2 is 2.27 bits per heavy atom. The van der Waals surface area contributed by atoms with E-state index in [9.17, 15) is 0 Å². The third-order valence-corrected chi connectivity index (χ3v) is 4.11. The zero-order chi connectivity index (χ0) is 11.1. The summed E-state index contributed by atoms with van der Waals surface area (Å²) in [6.45, 7) is 9.25. The van der Waals surface area contributed by atoms with Gasteiger partial charge in [-0.2, -0.15) is 4.37 Å². The van der Waals surface area contributed by atoms with Crippen LogP contribution in [0.4, 0.5) is 10.8 Å². The van der Waals surface area contributed by atoms with Crippen molar-refractivity contribution in [2.24, 2.45) is 11.3 Å². The minimum Gasteiger partial charge on any atom is -0.383 e. The lowest BCUT2D eigenvalue weighted by Crippen LogP contribution is -2.25. The Balaban J connectivity index is 2.04. The summed E-state index contributed by atoms with van der Waals surface area (Å²) in [5.41, 5.74) is 6.05. The van der Waals surface area contributed by atoms with Crippen LogP contribution in [0.3, 0.4) is 0 Å². The second-order valence-corrected chi connectivity index (χ2v) is 6.17. The van der Waals surface area contributed by atoms with E-state index in [1.807, 2.05) is 6.07 Å². The van der Waals surface area contributed by atoms with E-state index >= 15 is 0 Å². The minimum absolute atomic E-state index is 0.408. The van der Waals surface area contributed by atoms with Crippen molar-refractivity contribution >= 4 is 22.4 Å². The van der Waals surface area contributed by atoms with Crippen LogP contribution in [0.1, 0.15) is 27.2 Å². The number of nitrogens with zero attached hydrogens (tertiary/aromatic N) is 2. The van der Waals surface area contributed by atoms with Crippen molar-refractivity contribution in [2.45, 2.75) is 27.2 Å². The summed E-state index contributed by atoms with van der Waals surface area (Å²) in [6.07, 6.45) is 1.28. The molecule has 0 saturated carbocycles. The van der Waals surface area contributed by atoms with Gasteiger partial charge in [0, 0.05) is 19.2 Å². The van der Waals surface area contributed by atoms with Gasteiger partial charge < -0.3 is 10.6 Å². The van der Waals surface area contributed by atoms with Gasteiger partial charge in [0.2, 0.25) is 0 Å². The second-order valence-electron chi connectivity index (χ2n) is 5.39. The molecule has 0 aromatic carbocycles. The molecule has 2 N–H and O–H groups in total. The quantitative estimate of drug-likeness (QED) is 0.799. The van der Waals surface area contributed by atoms with Crippen LogP contribution >= 0.6 is 11.5 Å². The monoisotopic (exact) mass is 225 g/mol. The Hall–Kier alpha value is -0.770. The molecule has 84 valence electrons. The molecule has 1 saturated heterocycles. The number of rotatable bonds is 1. The predicted octanol–water partition coefficient (Wildman–Crippen LogP) is 2.60. The maximum atomic E-state index is 5.64. The van der Waals surface area contributed by atoms with Gasteiger partial charge in [-0.3, -0.25) is 0 Å². The molecule has 1 fully saturated rings. The van der Waals surface area contributed by atoms with Crippen LogP contribution < -0.4 is 10.6 Å². The van der Waals surface area contributed by atoms with Crippen molar-refractivity contribution in [1.82, 2.24) is 4.37 Å². The van der Waals surface area contributed by atoms with Crippen molar-refractivity contribution in [3.8, 4) is 0 Å². The van der Waals surface area contributed by atoms with Crippen LogP contribution in [0.25, 0.3) is 0 Å². The molecule has 0 bridgehead atoms. The fraction of sp³-hybridized carbons (Fsp3) is 0.727. The van der Waals surface area contributed by atoms with Crippen molar-refractivity contribution in [1.29, 1.82) is 0 Å². The first-order valence-corrected chi connectivity index (χ1v) is 6.21. The van der Waals surface area contributed by atoms with Crippen molar-refractivity contribution < 1.29 is 0 Å². The van der Waals surface area contributed by atoms with Gasteiger partial charge in [-0.25, -0.2) is 0 Å². The highest BCUT2D eigenvalue weighted by molar-refractivity contribution is 7.10. The molecule has 1 aromatic heterocycles.